The zero-order valence-electron chi connectivity index (χ0n) is 15.8. The number of rotatable bonds is 4. The van der Waals surface area contributed by atoms with Crippen LogP contribution in [0.1, 0.15) is 63.3 Å². The number of fused-ring (bicyclic) bond motifs is 2. The monoisotopic (exact) mass is 461 g/mol. The van der Waals surface area contributed by atoms with Gasteiger partial charge in [-0.15, -0.1) is 24.0 Å². The van der Waals surface area contributed by atoms with Crippen molar-refractivity contribution in [1.29, 1.82) is 0 Å². The third-order valence-electron chi connectivity index (χ3n) is 5.50. The van der Waals surface area contributed by atoms with Crippen LogP contribution >= 0.6 is 24.0 Å². The molecule has 3 rings (SSSR count). The predicted molar refractivity (Wildman–Crippen MR) is 112 cm³/mol. The number of hydrogen-bond acceptors (Lipinski definition) is 4. The Balaban J connectivity index is 0.00000225. The molecule has 1 aromatic rings. The van der Waals surface area contributed by atoms with Crippen molar-refractivity contribution in [2.24, 2.45) is 4.99 Å². The Morgan fingerprint density at radius 3 is 2.60 bits per heavy atom. The number of hydrogen-bond donors (Lipinski definition) is 2. The quantitative estimate of drug-likeness (QED) is 0.410. The minimum atomic E-state index is 0. The standard InChI is InChI=1S/C18H31N5O.HI/c1-12(2)17-10-16(24-22-17)11-20-18(19-3)21-13-8-14-6-5-7-15(9-13)23(14)4;/h10,12-15H,5-9,11H2,1-4H3,(H2,19,20,21);1H. The molecule has 2 bridgehead atoms. The molecule has 7 heteroatoms. The van der Waals surface area contributed by atoms with Crippen LogP contribution in [-0.4, -0.2) is 48.2 Å². The van der Waals surface area contributed by atoms with Gasteiger partial charge in [0.1, 0.15) is 0 Å². The average molecular weight is 461 g/mol. The molecule has 2 unspecified atom stereocenters. The molecule has 2 atom stereocenters. The van der Waals surface area contributed by atoms with Gasteiger partial charge in [-0.05, 0) is 38.6 Å². The van der Waals surface area contributed by atoms with Crippen LogP contribution in [0.25, 0.3) is 0 Å². The molecule has 3 heterocycles. The van der Waals surface area contributed by atoms with Crippen molar-refractivity contribution >= 4 is 29.9 Å². The highest BCUT2D eigenvalue weighted by Crippen LogP contribution is 2.32. The largest absolute Gasteiger partial charge is 0.359 e. The zero-order chi connectivity index (χ0) is 17.1. The summed E-state index contributed by atoms with van der Waals surface area (Å²) in [4.78, 5) is 6.95. The Labute approximate surface area is 168 Å². The summed E-state index contributed by atoms with van der Waals surface area (Å²) >= 11 is 0. The fourth-order valence-corrected chi connectivity index (χ4v) is 3.98. The molecule has 0 saturated carbocycles. The van der Waals surface area contributed by atoms with Crippen molar-refractivity contribution in [2.45, 2.75) is 76.5 Å². The SMILES string of the molecule is CN=C(NCc1cc(C(C)C)no1)NC1CC2CCCC(C1)N2C.I. The molecule has 2 fully saturated rings. The van der Waals surface area contributed by atoms with E-state index in [2.05, 4.69) is 46.6 Å². The molecule has 0 aromatic carbocycles. The van der Waals surface area contributed by atoms with Crippen molar-refractivity contribution in [1.82, 2.24) is 20.7 Å². The fourth-order valence-electron chi connectivity index (χ4n) is 3.98. The van der Waals surface area contributed by atoms with E-state index in [-0.39, 0.29) is 24.0 Å². The molecular weight excluding hydrogens is 429 g/mol. The number of halogens is 1. The highest BCUT2D eigenvalue weighted by atomic mass is 127. The van der Waals surface area contributed by atoms with Crippen molar-refractivity contribution < 1.29 is 4.52 Å². The van der Waals surface area contributed by atoms with E-state index < -0.39 is 0 Å². The highest BCUT2D eigenvalue weighted by Gasteiger charge is 2.36. The van der Waals surface area contributed by atoms with Gasteiger partial charge in [0.05, 0.1) is 12.2 Å². The van der Waals surface area contributed by atoms with Gasteiger partial charge in [0, 0.05) is 31.2 Å². The first kappa shape index (κ1) is 20.5. The predicted octanol–water partition coefficient (Wildman–Crippen LogP) is 3.10. The van der Waals surface area contributed by atoms with Crippen LogP contribution in [0.3, 0.4) is 0 Å². The smallest absolute Gasteiger partial charge is 0.191 e. The van der Waals surface area contributed by atoms with Gasteiger partial charge in [-0.25, -0.2) is 0 Å². The molecule has 2 saturated heterocycles. The topological polar surface area (TPSA) is 65.7 Å². The first-order valence-electron chi connectivity index (χ1n) is 9.21. The van der Waals surface area contributed by atoms with Gasteiger partial charge in [-0.1, -0.05) is 25.4 Å². The van der Waals surface area contributed by atoms with Gasteiger partial charge in [-0.3, -0.25) is 4.99 Å². The molecule has 2 N–H and O–H groups in total. The summed E-state index contributed by atoms with van der Waals surface area (Å²) in [6, 6.07) is 3.96. The second kappa shape index (κ2) is 9.21. The first-order chi connectivity index (χ1) is 11.6. The molecule has 0 amide bonds. The Bertz CT molecular complexity index is 560. The Morgan fingerprint density at radius 1 is 1.36 bits per heavy atom. The third kappa shape index (κ3) is 5.09. The Hall–Kier alpha value is -0.830. The van der Waals surface area contributed by atoms with Crippen molar-refractivity contribution in [3.05, 3.63) is 17.5 Å². The van der Waals surface area contributed by atoms with E-state index >= 15 is 0 Å². The van der Waals surface area contributed by atoms with Crippen LogP contribution in [0, 0.1) is 0 Å². The van der Waals surface area contributed by atoms with Gasteiger partial charge in [-0.2, -0.15) is 0 Å². The highest BCUT2D eigenvalue weighted by molar-refractivity contribution is 14.0. The molecule has 25 heavy (non-hydrogen) atoms. The summed E-state index contributed by atoms with van der Waals surface area (Å²) in [6.07, 6.45) is 6.44. The molecular formula is C18H32IN5O. The van der Waals surface area contributed by atoms with E-state index in [9.17, 15) is 0 Å². The summed E-state index contributed by atoms with van der Waals surface area (Å²) in [5.41, 5.74) is 0.998. The summed E-state index contributed by atoms with van der Waals surface area (Å²) in [5, 5.41) is 11.1. The van der Waals surface area contributed by atoms with E-state index in [0.29, 0.717) is 18.5 Å². The lowest BCUT2D eigenvalue weighted by Gasteiger charge is -2.47. The number of aliphatic imine (C=N–C) groups is 1. The zero-order valence-corrected chi connectivity index (χ0v) is 18.1. The minimum absolute atomic E-state index is 0. The fraction of sp³-hybridized carbons (Fsp3) is 0.778. The second-order valence-corrected chi connectivity index (χ2v) is 7.52. The van der Waals surface area contributed by atoms with Crippen molar-refractivity contribution in [2.75, 3.05) is 14.1 Å². The van der Waals surface area contributed by atoms with Gasteiger partial charge in [0.25, 0.3) is 0 Å². The lowest BCUT2D eigenvalue weighted by atomic mass is 9.82. The molecule has 1 aromatic heterocycles. The molecule has 142 valence electrons. The molecule has 0 spiro atoms. The number of guanidine groups is 1. The Morgan fingerprint density at radius 2 is 2.04 bits per heavy atom. The van der Waals surface area contributed by atoms with Crippen LogP contribution in [-0.2, 0) is 6.54 Å². The number of nitrogens with one attached hydrogen (secondary N) is 2. The molecule has 0 radical (unpaired) electrons. The summed E-state index contributed by atoms with van der Waals surface area (Å²) in [5.74, 6) is 2.09. The van der Waals surface area contributed by atoms with E-state index in [1.165, 1.54) is 32.1 Å². The van der Waals surface area contributed by atoms with E-state index in [1.54, 1.807) is 0 Å². The van der Waals surface area contributed by atoms with Gasteiger partial charge in [0.2, 0.25) is 0 Å². The van der Waals surface area contributed by atoms with E-state index in [4.69, 9.17) is 4.52 Å². The Kier molecular flexibility index (Phi) is 7.54. The second-order valence-electron chi connectivity index (χ2n) is 7.52. The van der Waals surface area contributed by atoms with Crippen LogP contribution in [0.4, 0.5) is 0 Å². The first-order valence-corrected chi connectivity index (χ1v) is 9.21. The lowest BCUT2D eigenvalue weighted by Crippen LogP contribution is -2.56. The van der Waals surface area contributed by atoms with Crippen molar-refractivity contribution in [3.63, 3.8) is 0 Å². The summed E-state index contributed by atoms with van der Waals surface area (Å²) in [6.45, 7) is 4.85. The normalized spacial score (nSPS) is 27.1. The van der Waals surface area contributed by atoms with Crippen molar-refractivity contribution in [3.8, 4) is 0 Å². The third-order valence-corrected chi connectivity index (χ3v) is 5.50. The minimum Gasteiger partial charge on any atom is -0.359 e. The number of piperidine rings is 2. The maximum atomic E-state index is 5.38. The molecule has 0 aliphatic carbocycles. The van der Waals surface area contributed by atoms with Gasteiger partial charge in [0.15, 0.2) is 11.7 Å². The lowest BCUT2D eigenvalue weighted by molar-refractivity contribution is 0.0526. The molecule has 6 nitrogen and oxygen atoms in total. The maximum Gasteiger partial charge on any atom is 0.191 e. The van der Waals surface area contributed by atoms with Crippen LogP contribution in [0.5, 0.6) is 0 Å². The summed E-state index contributed by atoms with van der Waals surface area (Å²) < 4.78 is 5.38. The summed E-state index contributed by atoms with van der Waals surface area (Å²) in [7, 11) is 4.11. The average Bonchev–Trinajstić information content (AvgIpc) is 3.01. The number of nitrogens with zero attached hydrogens (tertiary/aromatic N) is 3. The van der Waals surface area contributed by atoms with Crippen LogP contribution < -0.4 is 10.6 Å². The maximum absolute atomic E-state index is 5.38. The van der Waals surface area contributed by atoms with Gasteiger partial charge >= 0.3 is 0 Å². The number of aromatic nitrogens is 1. The molecule has 2 aliphatic heterocycles. The van der Waals surface area contributed by atoms with Gasteiger partial charge < -0.3 is 20.1 Å². The van der Waals surface area contributed by atoms with Crippen LogP contribution in [0.2, 0.25) is 0 Å². The van der Waals surface area contributed by atoms with Crippen LogP contribution in [0.15, 0.2) is 15.6 Å². The van der Waals surface area contributed by atoms with E-state index in [0.717, 1.165) is 29.5 Å². The van der Waals surface area contributed by atoms with E-state index in [1.807, 2.05) is 13.1 Å². The molecule has 2 aliphatic rings.